The highest BCUT2D eigenvalue weighted by Gasteiger charge is 2.22. The number of fused-ring (bicyclic) bond motifs is 1. The molecule has 156 valence electrons. The number of pyridine rings is 2. The molecular formula is C23H22F3N3O. The minimum atomic E-state index is -4.38. The third kappa shape index (κ3) is 5.23. The Kier molecular flexibility index (Phi) is 5.65. The molecule has 0 saturated heterocycles. The van der Waals surface area contributed by atoms with E-state index in [9.17, 15) is 18.0 Å². The van der Waals surface area contributed by atoms with E-state index >= 15 is 0 Å². The highest BCUT2D eigenvalue weighted by Crippen LogP contribution is 2.25. The van der Waals surface area contributed by atoms with Crippen molar-refractivity contribution >= 4 is 28.7 Å². The van der Waals surface area contributed by atoms with Crippen molar-refractivity contribution < 1.29 is 18.0 Å². The SMILES string of the molecule is Cc1cc(/C=C/C(F)(F)F)ccc1C(=O)Nc1cnc2cc(C(C)(C)C)cnc2c1. The molecule has 4 nitrogen and oxygen atoms in total. The van der Waals surface area contributed by atoms with E-state index in [0.29, 0.717) is 27.9 Å². The first-order valence-corrected chi connectivity index (χ1v) is 9.37. The van der Waals surface area contributed by atoms with Gasteiger partial charge in [-0.3, -0.25) is 14.8 Å². The van der Waals surface area contributed by atoms with Gasteiger partial charge in [0.05, 0.1) is 22.9 Å². The number of anilines is 1. The van der Waals surface area contributed by atoms with Gasteiger partial charge in [-0.15, -0.1) is 0 Å². The van der Waals surface area contributed by atoms with Gasteiger partial charge in [-0.2, -0.15) is 13.2 Å². The number of rotatable bonds is 3. The molecule has 0 aliphatic rings. The van der Waals surface area contributed by atoms with Gasteiger partial charge in [0.15, 0.2) is 0 Å². The van der Waals surface area contributed by atoms with Crippen molar-refractivity contribution in [3.63, 3.8) is 0 Å². The summed E-state index contributed by atoms with van der Waals surface area (Å²) in [6.07, 6.45) is 0.117. The van der Waals surface area contributed by atoms with Crippen LogP contribution in [0.5, 0.6) is 0 Å². The molecule has 0 atom stereocenters. The number of halogens is 3. The Morgan fingerprint density at radius 1 is 1.00 bits per heavy atom. The summed E-state index contributed by atoms with van der Waals surface area (Å²) in [6, 6.07) is 8.22. The molecule has 0 aliphatic heterocycles. The van der Waals surface area contributed by atoms with Crippen LogP contribution in [0.25, 0.3) is 17.1 Å². The van der Waals surface area contributed by atoms with Gasteiger partial charge in [0.1, 0.15) is 0 Å². The zero-order valence-corrected chi connectivity index (χ0v) is 17.1. The molecule has 1 N–H and O–H groups in total. The summed E-state index contributed by atoms with van der Waals surface area (Å²) in [5.41, 5.74) is 4.21. The summed E-state index contributed by atoms with van der Waals surface area (Å²) in [4.78, 5) is 21.5. The molecule has 0 saturated carbocycles. The van der Waals surface area contributed by atoms with Gasteiger partial charge in [0.2, 0.25) is 0 Å². The van der Waals surface area contributed by atoms with Crippen LogP contribution >= 0.6 is 0 Å². The number of carbonyl (C=O) groups excluding carboxylic acids is 1. The largest absolute Gasteiger partial charge is 0.409 e. The average Bonchev–Trinajstić information content (AvgIpc) is 2.64. The smallest absolute Gasteiger partial charge is 0.321 e. The van der Waals surface area contributed by atoms with Crippen LogP contribution in [0.1, 0.15) is 47.8 Å². The summed E-state index contributed by atoms with van der Waals surface area (Å²) in [7, 11) is 0. The van der Waals surface area contributed by atoms with Gasteiger partial charge in [-0.05, 0) is 47.2 Å². The fourth-order valence-corrected chi connectivity index (χ4v) is 2.91. The zero-order chi connectivity index (χ0) is 22.1. The van der Waals surface area contributed by atoms with Crippen LogP contribution in [0.2, 0.25) is 0 Å². The molecule has 7 heteroatoms. The lowest BCUT2D eigenvalue weighted by Crippen LogP contribution is -2.14. The maximum Gasteiger partial charge on any atom is 0.409 e. The van der Waals surface area contributed by atoms with Crippen molar-refractivity contribution in [3.8, 4) is 0 Å². The van der Waals surface area contributed by atoms with Crippen molar-refractivity contribution in [1.29, 1.82) is 0 Å². The van der Waals surface area contributed by atoms with Crippen LogP contribution in [-0.4, -0.2) is 22.1 Å². The minimum absolute atomic E-state index is 0.0469. The van der Waals surface area contributed by atoms with Gasteiger partial charge >= 0.3 is 6.18 Å². The molecule has 0 spiro atoms. The Morgan fingerprint density at radius 2 is 1.67 bits per heavy atom. The summed E-state index contributed by atoms with van der Waals surface area (Å²) < 4.78 is 37.0. The molecule has 0 bridgehead atoms. The third-order valence-electron chi connectivity index (χ3n) is 4.62. The number of alkyl halides is 3. The molecule has 3 aromatic rings. The highest BCUT2D eigenvalue weighted by molar-refractivity contribution is 6.05. The highest BCUT2D eigenvalue weighted by atomic mass is 19.4. The number of aryl methyl sites for hydroxylation is 1. The third-order valence-corrected chi connectivity index (χ3v) is 4.62. The molecule has 1 aromatic carbocycles. The van der Waals surface area contributed by atoms with Crippen LogP contribution in [-0.2, 0) is 5.41 Å². The fraction of sp³-hybridized carbons (Fsp3) is 0.261. The number of aromatic nitrogens is 2. The van der Waals surface area contributed by atoms with Crippen LogP contribution in [0.4, 0.5) is 18.9 Å². The Bertz CT molecular complexity index is 1130. The number of allylic oxidation sites excluding steroid dienone is 1. The Morgan fingerprint density at radius 3 is 2.30 bits per heavy atom. The number of hydrogen-bond donors (Lipinski definition) is 1. The first-order valence-electron chi connectivity index (χ1n) is 9.37. The first-order chi connectivity index (χ1) is 13.9. The normalized spacial score (nSPS) is 12.5. The topological polar surface area (TPSA) is 54.9 Å². The maximum absolute atomic E-state index is 12.6. The number of hydrogen-bond acceptors (Lipinski definition) is 3. The second-order valence-corrected chi connectivity index (χ2v) is 8.14. The van der Waals surface area contributed by atoms with Gasteiger partial charge in [0, 0.05) is 17.8 Å². The zero-order valence-electron chi connectivity index (χ0n) is 17.1. The Labute approximate surface area is 172 Å². The standard InChI is InChI=1S/C23H22F3N3O/c1-14-9-15(7-8-23(24,25)26)5-6-18(14)21(30)29-17-11-20-19(28-13-17)10-16(12-27-20)22(2,3)4/h5-13H,1-4H3,(H,29,30)/b8-7+. The van der Waals surface area contributed by atoms with Gasteiger partial charge < -0.3 is 5.32 Å². The molecule has 2 heterocycles. The maximum atomic E-state index is 12.6. The lowest BCUT2D eigenvalue weighted by atomic mass is 9.88. The molecular weight excluding hydrogens is 391 g/mol. The quantitative estimate of drug-likeness (QED) is 0.568. The van der Waals surface area contributed by atoms with Gasteiger partial charge in [0.25, 0.3) is 5.91 Å². The summed E-state index contributed by atoms with van der Waals surface area (Å²) in [5, 5.41) is 2.77. The van der Waals surface area contributed by atoms with Gasteiger partial charge in [-0.25, -0.2) is 0 Å². The number of benzene rings is 1. The molecule has 0 fully saturated rings. The van der Waals surface area contributed by atoms with Crippen LogP contribution in [0, 0.1) is 6.92 Å². The van der Waals surface area contributed by atoms with E-state index in [1.807, 2.05) is 6.07 Å². The van der Waals surface area contributed by atoms with E-state index < -0.39 is 6.18 Å². The molecule has 0 unspecified atom stereocenters. The van der Waals surface area contributed by atoms with Crippen molar-refractivity contribution in [3.05, 3.63) is 71.1 Å². The van der Waals surface area contributed by atoms with Crippen LogP contribution < -0.4 is 5.32 Å². The van der Waals surface area contributed by atoms with E-state index in [2.05, 4.69) is 36.1 Å². The predicted molar refractivity (Wildman–Crippen MR) is 112 cm³/mol. The van der Waals surface area contributed by atoms with Crippen molar-refractivity contribution in [2.24, 2.45) is 0 Å². The van der Waals surface area contributed by atoms with E-state index in [4.69, 9.17) is 0 Å². The summed E-state index contributed by atoms with van der Waals surface area (Å²) in [6.45, 7) is 7.96. The minimum Gasteiger partial charge on any atom is -0.321 e. The first kappa shape index (κ1) is 21.5. The van der Waals surface area contributed by atoms with E-state index in [1.165, 1.54) is 18.2 Å². The van der Waals surface area contributed by atoms with E-state index in [-0.39, 0.29) is 17.4 Å². The number of nitrogens with one attached hydrogen (secondary N) is 1. The number of nitrogens with zero attached hydrogens (tertiary/aromatic N) is 2. The molecule has 0 aliphatic carbocycles. The van der Waals surface area contributed by atoms with E-state index in [0.717, 1.165) is 17.2 Å². The molecule has 2 aromatic heterocycles. The fourth-order valence-electron chi connectivity index (χ4n) is 2.91. The lowest BCUT2D eigenvalue weighted by molar-refractivity contribution is -0.0790. The lowest BCUT2D eigenvalue weighted by Gasteiger charge is -2.18. The molecule has 1 amide bonds. The Balaban J connectivity index is 1.80. The molecule has 3 rings (SSSR count). The van der Waals surface area contributed by atoms with E-state index in [1.54, 1.807) is 25.4 Å². The van der Waals surface area contributed by atoms with Crippen molar-refractivity contribution in [2.75, 3.05) is 5.32 Å². The summed E-state index contributed by atoms with van der Waals surface area (Å²) in [5.74, 6) is -0.369. The van der Waals surface area contributed by atoms with Crippen LogP contribution in [0.3, 0.4) is 0 Å². The molecule has 30 heavy (non-hydrogen) atoms. The second-order valence-electron chi connectivity index (χ2n) is 8.14. The predicted octanol–water partition coefficient (Wildman–Crippen LogP) is 6.06. The van der Waals surface area contributed by atoms with Crippen molar-refractivity contribution in [2.45, 2.75) is 39.3 Å². The number of carbonyl (C=O) groups is 1. The second kappa shape index (κ2) is 7.89. The van der Waals surface area contributed by atoms with Crippen LogP contribution in [0.15, 0.2) is 48.8 Å². The van der Waals surface area contributed by atoms with Gasteiger partial charge in [-0.1, -0.05) is 39.0 Å². The molecule has 0 radical (unpaired) electrons. The summed E-state index contributed by atoms with van der Waals surface area (Å²) >= 11 is 0. The number of amides is 1. The monoisotopic (exact) mass is 413 g/mol. The Hall–Kier alpha value is -3.22. The average molecular weight is 413 g/mol. The van der Waals surface area contributed by atoms with Crippen molar-refractivity contribution in [1.82, 2.24) is 9.97 Å².